The molecule has 0 spiro atoms. The molecule has 0 N–H and O–H groups in total. The average Bonchev–Trinajstić information content (AvgIpc) is 1.81. The predicted molar refractivity (Wildman–Crippen MR) is 38.1 cm³/mol. The van der Waals surface area contributed by atoms with E-state index in [1.807, 2.05) is 12.3 Å². The molecule has 2 heteroatoms. The van der Waals surface area contributed by atoms with Crippen LogP contribution in [0.2, 0.25) is 0 Å². The molecule has 0 rings (SSSR count). The van der Waals surface area contributed by atoms with Gasteiger partial charge in [-0.05, 0) is 18.4 Å². The molecule has 0 saturated carbocycles. The number of hydrogen-bond donors (Lipinski definition) is 0. The first-order valence-corrected chi connectivity index (χ1v) is 4.01. The summed E-state index contributed by atoms with van der Waals surface area (Å²) in [6, 6.07) is 0. The highest BCUT2D eigenvalue weighted by atomic mass is 32.2. The number of allylic oxidation sites excluding steroid dienone is 2. The lowest BCUT2D eigenvalue weighted by molar-refractivity contribution is 0.561. The summed E-state index contributed by atoms with van der Waals surface area (Å²) >= 11 is 1.78. The molecule has 0 radical (unpaired) electrons. The molecule has 0 nitrogen and oxygen atoms in total. The third-order valence-electron chi connectivity index (χ3n) is 0.744. The normalized spacial score (nSPS) is 10.8. The monoisotopic (exact) mass is 134 g/mol. The lowest BCUT2D eigenvalue weighted by Crippen LogP contribution is -1.71. The van der Waals surface area contributed by atoms with Crippen molar-refractivity contribution in [1.29, 1.82) is 0 Å². The fourth-order valence-corrected chi connectivity index (χ4v) is 0.739. The Morgan fingerprint density at radius 2 is 2.25 bits per heavy atom. The molecule has 0 aromatic carbocycles. The van der Waals surface area contributed by atoms with Gasteiger partial charge in [-0.3, -0.25) is 0 Å². The van der Waals surface area contributed by atoms with Gasteiger partial charge < -0.3 is 0 Å². The molecule has 8 heavy (non-hydrogen) atoms. The van der Waals surface area contributed by atoms with E-state index in [9.17, 15) is 4.39 Å². The highest BCUT2D eigenvalue weighted by Gasteiger charge is 1.75. The van der Waals surface area contributed by atoms with Gasteiger partial charge in [0.15, 0.2) is 0 Å². The summed E-state index contributed by atoms with van der Waals surface area (Å²) in [5.41, 5.74) is 0. The van der Waals surface area contributed by atoms with Gasteiger partial charge in [-0.25, -0.2) is 4.39 Å². The Morgan fingerprint density at radius 3 is 2.75 bits per heavy atom. The van der Waals surface area contributed by atoms with Crippen molar-refractivity contribution in [3.8, 4) is 0 Å². The zero-order valence-corrected chi connectivity index (χ0v) is 5.88. The molecule has 0 amide bonds. The quantitative estimate of drug-likeness (QED) is 0.420. The molecular weight excluding hydrogens is 123 g/mol. The molecule has 0 bridgehead atoms. The van der Waals surface area contributed by atoms with Gasteiger partial charge in [0, 0.05) is 0 Å². The Bertz CT molecular complexity index is 61.5. The number of thioether (sulfide) groups is 1. The average molecular weight is 134 g/mol. The molecule has 0 aromatic heterocycles. The first-order valence-electron chi connectivity index (χ1n) is 2.61. The van der Waals surface area contributed by atoms with Crippen molar-refractivity contribution in [2.24, 2.45) is 0 Å². The first kappa shape index (κ1) is 8.02. The van der Waals surface area contributed by atoms with Crippen molar-refractivity contribution < 1.29 is 4.39 Å². The smallest absolute Gasteiger partial charge is 0.108 e. The fourth-order valence-electron chi connectivity index (χ4n) is 0.367. The minimum atomic E-state index is -0.325. The molecule has 0 heterocycles. The maximum absolute atomic E-state index is 11.3. The maximum atomic E-state index is 11.3. The number of rotatable bonds is 4. The minimum Gasteiger partial charge on any atom is -0.247 e. The van der Waals surface area contributed by atoms with Crippen LogP contribution in [-0.2, 0) is 0 Å². The van der Waals surface area contributed by atoms with Gasteiger partial charge in [0.05, 0.1) is 0 Å². The second-order valence-corrected chi connectivity index (χ2v) is 2.39. The summed E-state index contributed by atoms with van der Waals surface area (Å²) in [5.74, 6) is 1.09. The van der Waals surface area contributed by atoms with Gasteiger partial charge >= 0.3 is 0 Å². The van der Waals surface area contributed by atoms with Gasteiger partial charge in [0.1, 0.15) is 6.67 Å². The zero-order valence-electron chi connectivity index (χ0n) is 5.06. The van der Waals surface area contributed by atoms with E-state index in [0.29, 0.717) is 0 Å². The fraction of sp³-hybridized carbons (Fsp3) is 0.667. The van der Waals surface area contributed by atoms with E-state index in [4.69, 9.17) is 0 Å². The van der Waals surface area contributed by atoms with Crippen LogP contribution in [0.25, 0.3) is 0 Å². The van der Waals surface area contributed by atoms with E-state index >= 15 is 0 Å². The molecule has 0 unspecified atom stereocenters. The van der Waals surface area contributed by atoms with Crippen molar-refractivity contribution in [3.63, 3.8) is 0 Å². The Hall–Kier alpha value is 0.0200. The summed E-state index contributed by atoms with van der Waals surface area (Å²) in [6.45, 7) is -0.325. The Labute approximate surface area is 54.2 Å². The topological polar surface area (TPSA) is 0 Å². The van der Waals surface area contributed by atoms with Gasteiger partial charge in [0.2, 0.25) is 0 Å². The van der Waals surface area contributed by atoms with E-state index < -0.39 is 0 Å². The van der Waals surface area contributed by atoms with Crippen LogP contribution in [0.1, 0.15) is 6.42 Å². The van der Waals surface area contributed by atoms with Crippen molar-refractivity contribution in [1.82, 2.24) is 0 Å². The van der Waals surface area contributed by atoms with E-state index in [1.165, 1.54) is 0 Å². The zero-order chi connectivity index (χ0) is 6.24. The number of halogens is 1. The molecule has 0 aromatic rings. The van der Waals surface area contributed by atoms with Gasteiger partial charge in [0.25, 0.3) is 0 Å². The van der Waals surface area contributed by atoms with Gasteiger partial charge in [-0.15, -0.1) is 0 Å². The first-order chi connectivity index (χ1) is 3.91. The second-order valence-electron chi connectivity index (χ2n) is 1.41. The van der Waals surface area contributed by atoms with Crippen molar-refractivity contribution in [2.75, 3.05) is 18.7 Å². The molecule has 0 fully saturated rings. The van der Waals surface area contributed by atoms with E-state index in [1.54, 1.807) is 17.8 Å². The Balaban J connectivity index is 2.80. The summed E-state index contributed by atoms with van der Waals surface area (Å²) in [7, 11) is 0. The largest absolute Gasteiger partial charge is 0.247 e. The summed E-state index contributed by atoms with van der Waals surface area (Å²) in [4.78, 5) is 0. The van der Waals surface area contributed by atoms with Crippen LogP contribution in [0.15, 0.2) is 12.2 Å². The van der Waals surface area contributed by atoms with Gasteiger partial charge in [-0.2, -0.15) is 11.8 Å². The molecule has 0 aliphatic heterocycles. The van der Waals surface area contributed by atoms with Crippen LogP contribution < -0.4 is 0 Å². The maximum Gasteiger partial charge on any atom is 0.108 e. The van der Waals surface area contributed by atoms with Crippen molar-refractivity contribution in [2.45, 2.75) is 6.42 Å². The standard InChI is InChI=1S/C6H11FS/c1-8-6-4-2-3-5-7/h2-3H,4-6H2,1H3/b3-2-. The van der Waals surface area contributed by atoms with Crippen molar-refractivity contribution in [3.05, 3.63) is 12.2 Å². The van der Waals surface area contributed by atoms with Crippen LogP contribution >= 0.6 is 11.8 Å². The second kappa shape index (κ2) is 7.02. The van der Waals surface area contributed by atoms with Crippen LogP contribution in [0.5, 0.6) is 0 Å². The molecule has 0 aliphatic rings. The van der Waals surface area contributed by atoms with Crippen LogP contribution in [0.4, 0.5) is 4.39 Å². The number of hydrogen-bond acceptors (Lipinski definition) is 1. The lowest BCUT2D eigenvalue weighted by atomic mass is 10.4. The third-order valence-corrected chi connectivity index (χ3v) is 1.39. The molecule has 48 valence electrons. The SMILES string of the molecule is CSCC/C=C\CF. The molecular formula is C6H11FS. The summed E-state index contributed by atoms with van der Waals surface area (Å²) in [5, 5.41) is 0. The highest BCUT2D eigenvalue weighted by molar-refractivity contribution is 7.98. The van der Waals surface area contributed by atoms with E-state index in [2.05, 4.69) is 0 Å². The van der Waals surface area contributed by atoms with E-state index in [0.717, 1.165) is 12.2 Å². The Morgan fingerprint density at radius 1 is 1.50 bits per heavy atom. The predicted octanol–water partition coefficient (Wildman–Crippen LogP) is 2.27. The highest BCUT2D eigenvalue weighted by Crippen LogP contribution is 1.95. The summed E-state index contributed by atoms with van der Waals surface area (Å²) < 4.78 is 11.3. The summed E-state index contributed by atoms with van der Waals surface area (Å²) in [6.07, 6.45) is 6.46. The molecule has 0 aliphatic carbocycles. The number of alkyl halides is 1. The van der Waals surface area contributed by atoms with Crippen molar-refractivity contribution >= 4 is 11.8 Å². The Kier molecular flexibility index (Phi) is 7.04. The van der Waals surface area contributed by atoms with E-state index in [-0.39, 0.29) is 6.67 Å². The third kappa shape index (κ3) is 6.02. The van der Waals surface area contributed by atoms with Crippen LogP contribution in [0.3, 0.4) is 0 Å². The van der Waals surface area contributed by atoms with Crippen LogP contribution in [-0.4, -0.2) is 18.7 Å². The minimum absolute atomic E-state index is 0.325. The molecule has 0 atom stereocenters. The van der Waals surface area contributed by atoms with Crippen LogP contribution in [0, 0.1) is 0 Å². The van der Waals surface area contributed by atoms with Gasteiger partial charge in [-0.1, -0.05) is 12.2 Å². The molecule has 0 saturated heterocycles. The lowest BCUT2D eigenvalue weighted by Gasteiger charge is -1.85.